The van der Waals surface area contributed by atoms with Gasteiger partial charge in [-0.2, -0.15) is 4.99 Å². The van der Waals surface area contributed by atoms with E-state index in [4.69, 9.17) is 16.4 Å². The number of anilines is 1. The first-order chi connectivity index (χ1) is 21.5. The van der Waals surface area contributed by atoms with Gasteiger partial charge in [-0.15, -0.1) is 18.3 Å². The van der Waals surface area contributed by atoms with Gasteiger partial charge < -0.3 is 4.74 Å². The third kappa shape index (κ3) is 8.21. The second-order valence-corrected chi connectivity index (χ2v) is 11.4. The first-order valence-electron chi connectivity index (χ1n) is 13.6. The minimum Gasteiger partial charge on any atom is -0.406 e. The number of carbonyl (C=O) groups excluding carboxylic acids is 2. The number of nitrogens with zero attached hydrogens (tertiary/aromatic N) is 5. The topological polar surface area (TPSA) is 111 Å². The molecule has 5 rings (SSSR count). The van der Waals surface area contributed by atoms with Crippen LogP contribution >= 0.6 is 23.4 Å². The van der Waals surface area contributed by atoms with Crippen molar-refractivity contribution in [2.75, 3.05) is 17.3 Å². The molecule has 1 aromatic heterocycles. The fourth-order valence-corrected chi connectivity index (χ4v) is 5.44. The van der Waals surface area contributed by atoms with Gasteiger partial charge in [0.1, 0.15) is 12.1 Å². The number of hydroxylamine groups is 1. The van der Waals surface area contributed by atoms with Gasteiger partial charge in [-0.3, -0.25) is 14.5 Å². The van der Waals surface area contributed by atoms with Crippen LogP contribution in [0.1, 0.15) is 30.9 Å². The van der Waals surface area contributed by atoms with Gasteiger partial charge in [-0.1, -0.05) is 67.5 Å². The molecule has 1 aliphatic rings. The van der Waals surface area contributed by atoms with Gasteiger partial charge in [0.25, 0.3) is 0 Å². The van der Waals surface area contributed by atoms with E-state index in [-0.39, 0.29) is 35.1 Å². The average molecular weight is 659 g/mol. The molecule has 45 heavy (non-hydrogen) atoms. The SMILES string of the molecule is CC(C)c1ccc(Cl)cc1N1C(=O)CSC1=NC(=O)NOCCc1ccc(-c2ncn(-c3ccc(OC(F)(F)F)cc3)n2)cc1. The lowest BCUT2D eigenvalue weighted by atomic mass is 10.0. The van der Waals surface area contributed by atoms with Crippen molar-refractivity contribution in [1.29, 1.82) is 0 Å². The summed E-state index contributed by atoms with van der Waals surface area (Å²) in [5, 5.41) is 5.10. The number of aromatic nitrogens is 3. The van der Waals surface area contributed by atoms with Crippen LogP contribution in [-0.4, -0.2) is 50.6 Å². The quantitative estimate of drug-likeness (QED) is 0.153. The van der Waals surface area contributed by atoms with Crippen LogP contribution in [0, 0.1) is 0 Å². The van der Waals surface area contributed by atoms with E-state index in [1.807, 2.05) is 44.2 Å². The first kappa shape index (κ1) is 32.0. The summed E-state index contributed by atoms with van der Waals surface area (Å²) in [5.41, 5.74) is 5.96. The van der Waals surface area contributed by atoms with Crippen LogP contribution in [0.3, 0.4) is 0 Å². The number of ether oxygens (including phenoxy) is 1. The summed E-state index contributed by atoms with van der Waals surface area (Å²) >= 11 is 7.36. The summed E-state index contributed by atoms with van der Waals surface area (Å²) in [6, 6.07) is 17.2. The lowest BCUT2D eigenvalue weighted by molar-refractivity contribution is -0.274. The molecular formula is C30H26ClF3N6O4S. The predicted octanol–water partition coefficient (Wildman–Crippen LogP) is 6.93. The number of hydrogen-bond acceptors (Lipinski definition) is 7. The van der Waals surface area contributed by atoms with Crippen molar-refractivity contribution in [3.05, 3.63) is 89.2 Å². The Kier molecular flexibility index (Phi) is 9.75. The number of nitrogens with one attached hydrogen (secondary N) is 1. The van der Waals surface area contributed by atoms with E-state index in [0.29, 0.717) is 28.6 Å². The third-order valence-corrected chi connectivity index (χ3v) is 7.67. The van der Waals surface area contributed by atoms with Crippen LogP contribution in [-0.2, 0) is 16.1 Å². The summed E-state index contributed by atoms with van der Waals surface area (Å²) < 4.78 is 42.5. The molecule has 234 valence electrons. The maximum atomic E-state index is 12.7. The van der Waals surface area contributed by atoms with E-state index in [0.717, 1.165) is 28.5 Å². The normalized spacial score (nSPS) is 14.4. The van der Waals surface area contributed by atoms with Crippen LogP contribution in [0.4, 0.5) is 23.7 Å². The van der Waals surface area contributed by atoms with Crippen LogP contribution in [0.25, 0.3) is 17.1 Å². The van der Waals surface area contributed by atoms with Gasteiger partial charge in [-0.25, -0.2) is 19.9 Å². The number of urea groups is 1. The Bertz CT molecular complexity index is 1710. The number of carbonyl (C=O) groups is 2. The molecule has 3 amide bonds. The molecule has 1 saturated heterocycles. The highest BCUT2D eigenvalue weighted by molar-refractivity contribution is 8.15. The molecule has 0 unspecified atom stereocenters. The maximum absolute atomic E-state index is 12.7. The first-order valence-corrected chi connectivity index (χ1v) is 15.0. The number of hydrogen-bond donors (Lipinski definition) is 1. The van der Waals surface area contributed by atoms with Crippen LogP contribution < -0.4 is 15.1 Å². The van der Waals surface area contributed by atoms with Gasteiger partial charge in [0.05, 0.1) is 23.7 Å². The Balaban J connectivity index is 1.13. The molecule has 0 bridgehead atoms. The number of alkyl halides is 3. The molecule has 3 aromatic carbocycles. The van der Waals surface area contributed by atoms with Crippen molar-refractivity contribution in [3.8, 4) is 22.8 Å². The minimum absolute atomic E-state index is 0.118. The summed E-state index contributed by atoms with van der Waals surface area (Å²) in [6.07, 6.45) is -2.83. The fraction of sp³-hybridized carbons (Fsp3) is 0.233. The number of aliphatic imine (C=N–C) groups is 1. The number of benzene rings is 3. The number of rotatable bonds is 9. The largest absolute Gasteiger partial charge is 0.573 e. The summed E-state index contributed by atoms with van der Waals surface area (Å²) in [7, 11) is 0. The molecule has 0 radical (unpaired) electrons. The van der Waals surface area contributed by atoms with Crippen LogP contribution in [0.15, 0.2) is 78.0 Å². The molecule has 10 nitrogen and oxygen atoms in total. The average Bonchev–Trinajstić information content (AvgIpc) is 3.62. The zero-order valence-corrected chi connectivity index (χ0v) is 25.5. The Hall–Kier alpha value is -4.40. The molecule has 1 aliphatic heterocycles. The second kappa shape index (κ2) is 13.7. The van der Waals surface area contributed by atoms with E-state index in [2.05, 4.69) is 25.3 Å². The Morgan fingerprint density at radius 3 is 2.53 bits per heavy atom. The minimum atomic E-state index is -4.76. The predicted molar refractivity (Wildman–Crippen MR) is 165 cm³/mol. The zero-order valence-electron chi connectivity index (χ0n) is 23.9. The molecule has 4 aromatic rings. The monoisotopic (exact) mass is 658 g/mol. The van der Waals surface area contributed by atoms with Crippen LogP contribution in [0.2, 0.25) is 5.02 Å². The lowest BCUT2D eigenvalue weighted by Gasteiger charge is -2.21. The number of amides is 3. The van der Waals surface area contributed by atoms with E-state index in [1.54, 1.807) is 12.1 Å². The van der Waals surface area contributed by atoms with Gasteiger partial charge in [0, 0.05) is 10.6 Å². The van der Waals surface area contributed by atoms with Crippen molar-refractivity contribution in [2.45, 2.75) is 32.5 Å². The Labute approximate surface area is 265 Å². The van der Waals surface area contributed by atoms with Gasteiger partial charge in [-0.05, 0) is 59.9 Å². The van der Waals surface area contributed by atoms with E-state index >= 15 is 0 Å². The molecule has 0 spiro atoms. The zero-order chi connectivity index (χ0) is 32.1. The standard InChI is InChI=1S/C30H26ClF3N6O4S/c1-18(2)24-12-7-21(31)15-25(24)40-26(41)16-45-29(40)36-28(42)38-43-14-13-19-3-5-20(6-4-19)27-35-17-39(37-27)22-8-10-23(11-9-22)44-30(32,33)34/h3-12,15,17-18H,13-14,16H2,1-2H3,(H,38,42). The fourth-order valence-electron chi connectivity index (χ4n) is 4.41. The highest BCUT2D eigenvalue weighted by Crippen LogP contribution is 2.35. The van der Waals surface area contributed by atoms with Crippen LogP contribution in [0.5, 0.6) is 5.75 Å². The lowest BCUT2D eigenvalue weighted by Crippen LogP contribution is -2.32. The van der Waals surface area contributed by atoms with Crippen molar-refractivity contribution in [2.24, 2.45) is 4.99 Å². The molecule has 1 N–H and O–H groups in total. The molecule has 1 fully saturated rings. The number of thioether (sulfide) groups is 1. The highest BCUT2D eigenvalue weighted by Gasteiger charge is 2.33. The second-order valence-electron chi connectivity index (χ2n) is 10.0. The van der Waals surface area contributed by atoms with E-state index < -0.39 is 12.4 Å². The molecule has 2 heterocycles. The number of amidine groups is 1. The van der Waals surface area contributed by atoms with Crippen molar-refractivity contribution >= 4 is 46.2 Å². The summed E-state index contributed by atoms with van der Waals surface area (Å²) in [5.74, 6) is 0.166. The summed E-state index contributed by atoms with van der Waals surface area (Å²) in [4.78, 5) is 40.2. The van der Waals surface area contributed by atoms with Gasteiger partial charge in [0.15, 0.2) is 11.0 Å². The Morgan fingerprint density at radius 2 is 1.84 bits per heavy atom. The van der Waals surface area contributed by atoms with Crippen molar-refractivity contribution < 1.29 is 32.3 Å². The van der Waals surface area contributed by atoms with E-state index in [1.165, 1.54) is 40.2 Å². The molecule has 0 saturated carbocycles. The molecular weight excluding hydrogens is 633 g/mol. The van der Waals surface area contributed by atoms with Crippen molar-refractivity contribution in [1.82, 2.24) is 20.2 Å². The smallest absolute Gasteiger partial charge is 0.406 e. The van der Waals surface area contributed by atoms with Gasteiger partial charge in [0.2, 0.25) is 5.91 Å². The van der Waals surface area contributed by atoms with Crippen molar-refractivity contribution in [3.63, 3.8) is 0 Å². The molecule has 0 aliphatic carbocycles. The third-order valence-electron chi connectivity index (χ3n) is 6.51. The molecule has 15 heteroatoms. The van der Waals surface area contributed by atoms with Gasteiger partial charge >= 0.3 is 12.4 Å². The maximum Gasteiger partial charge on any atom is 0.573 e. The highest BCUT2D eigenvalue weighted by atomic mass is 35.5. The Morgan fingerprint density at radius 1 is 1.11 bits per heavy atom. The number of halogens is 4. The van der Waals surface area contributed by atoms with E-state index in [9.17, 15) is 22.8 Å². The summed E-state index contributed by atoms with van der Waals surface area (Å²) in [6.45, 7) is 4.17. The molecule has 0 atom stereocenters.